The fourth-order valence-corrected chi connectivity index (χ4v) is 2.19. The van der Waals surface area contributed by atoms with E-state index in [1.165, 1.54) is 5.56 Å². The van der Waals surface area contributed by atoms with Crippen molar-refractivity contribution in [2.75, 3.05) is 20.2 Å². The van der Waals surface area contributed by atoms with Crippen molar-refractivity contribution in [2.24, 2.45) is 4.99 Å². The van der Waals surface area contributed by atoms with Crippen LogP contribution >= 0.6 is 24.0 Å². The van der Waals surface area contributed by atoms with Crippen LogP contribution < -0.4 is 15.4 Å². The second kappa shape index (κ2) is 11.7. The van der Waals surface area contributed by atoms with Gasteiger partial charge in [0, 0.05) is 31.9 Å². The molecule has 0 amide bonds. The van der Waals surface area contributed by atoms with E-state index in [0.29, 0.717) is 19.0 Å². The second-order valence-electron chi connectivity index (χ2n) is 4.99. The van der Waals surface area contributed by atoms with Gasteiger partial charge >= 0.3 is 0 Å². The zero-order valence-corrected chi connectivity index (χ0v) is 16.5. The minimum atomic E-state index is 0. The van der Waals surface area contributed by atoms with Gasteiger partial charge in [0.15, 0.2) is 5.96 Å². The van der Waals surface area contributed by atoms with Gasteiger partial charge in [-0.2, -0.15) is 0 Å². The standard InChI is InChI=1S/C18H24N4O.HI/c1-3-23-17-16(10-7-12-20-17)14-22-18(19-2)21-13-11-15-8-5-4-6-9-15;/h4-10,12H,3,11,13-14H2,1-2H3,(H2,19,21,22);1H. The Labute approximate surface area is 161 Å². The van der Waals surface area contributed by atoms with Crippen molar-refractivity contribution in [2.45, 2.75) is 19.9 Å². The molecule has 1 aromatic heterocycles. The van der Waals surface area contributed by atoms with Crippen molar-refractivity contribution >= 4 is 29.9 Å². The summed E-state index contributed by atoms with van der Waals surface area (Å²) in [5.41, 5.74) is 2.32. The highest BCUT2D eigenvalue weighted by molar-refractivity contribution is 14.0. The zero-order valence-electron chi connectivity index (χ0n) is 14.2. The summed E-state index contributed by atoms with van der Waals surface area (Å²) in [5.74, 6) is 1.44. The Balaban J connectivity index is 0.00000288. The summed E-state index contributed by atoms with van der Waals surface area (Å²) < 4.78 is 5.53. The van der Waals surface area contributed by atoms with E-state index in [0.717, 1.165) is 24.5 Å². The number of hydrogen-bond acceptors (Lipinski definition) is 3. The Morgan fingerprint density at radius 3 is 2.62 bits per heavy atom. The number of pyridine rings is 1. The van der Waals surface area contributed by atoms with Gasteiger partial charge in [-0.05, 0) is 25.0 Å². The van der Waals surface area contributed by atoms with E-state index in [4.69, 9.17) is 4.74 Å². The molecule has 0 spiro atoms. The van der Waals surface area contributed by atoms with Gasteiger partial charge in [-0.15, -0.1) is 24.0 Å². The van der Waals surface area contributed by atoms with Crippen LogP contribution in [0.5, 0.6) is 5.88 Å². The number of halogens is 1. The fraction of sp³-hybridized carbons (Fsp3) is 0.333. The Morgan fingerprint density at radius 2 is 1.92 bits per heavy atom. The maximum atomic E-state index is 5.53. The third-order valence-electron chi connectivity index (χ3n) is 3.35. The number of nitrogens with one attached hydrogen (secondary N) is 2. The van der Waals surface area contributed by atoms with Gasteiger partial charge in [0.05, 0.1) is 6.61 Å². The highest BCUT2D eigenvalue weighted by Crippen LogP contribution is 2.13. The first kappa shape index (κ1) is 20.2. The largest absolute Gasteiger partial charge is 0.478 e. The summed E-state index contributed by atoms with van der Waals surface area (Å²) in [7, 11) is 1.77. The molecule has 0 saturated heterocycles. The lowest BCUT2D eigenvalue weighted by molar-refractivity contribution is 0.322. The predicted molar refractivity (Wildman–Crippen MR) is 109 cm³/mol. The molecule has 6 heteroatoms. The number of ether oxygens (including phenoxy) is 1. The zero-order chi connectivity index (χ0) is 16.3. The van der Waals surface area contributed by atoms with E-state index < -0.39 is 0 Å². The fourth-order valence-electron chi connectivity index (χ4n) is 2.19. The first-order valence-electron chi connectivity index (χ1n) is 7.88. The molecule has 1 aromatic carbocycles. The predicted octanol–water partition coefficient (Wildman–Crippen LogP) is 3.01. The molecule has 2 N–H and O–H groups in total. The minimum absolute atomic E-state index is 0. The molecular weight excluding hydrogens is 415 g/mol. The van der Waals surface area contributed by atoms with E-state index in [-0.39, 0.29) is 24.0 Å². The summed E-state index contributed by atoms with van der Waals surface area (Å²) >= 11 is 0. The summed E-state index contributed by atoms with van der Waals surface area (Å²) in [6.07, 6.45) is 2.69. The summed E-state index contributed by atoms with van der Waals surface area (Å²) in [5, 5.41) is 6.61. The second-order valence-corrected chi connectivity index (χ2v) is 4.99. The molecule has 5 nitrogen and oxygen atoms in total. The molecule has 0 radical (unpaired) electrons. The first-order valence-corrected chi connectivity index (χ1v) is 7.88. The Morgan fingerprint density at radius 1 is 1.12 bits per heavy atom. The molecule has 130 valence electrons. The van der Waals surface area contributed by atoms with Crippen LogP contribution in [0.3, 0.4) is 0 Å². The first-order chi connectivity index (χ1) is 11.3. The Kier molecular flexibility index (Phi) is 9.83. The number of rotatable bonds is 7. The van der Waals surface area contributed by atoms with Crippen molar-refractivity contribution in [3.05, 3.63) is 59.8 Å². The van der Waals surface area contributed by atoms with Crippen LogP contribution in [-0.2, 0) is 13.0 Å². The van der Waals surface area contributed by atoms with Gasteiger partial charge < -0.3 is 15.4 Å². The van der Waals surface area contributed by atoms with Crippen molar-refractivity contribution in [3.8, 4) is 5.88 Å². The molecular formula is C18H25IN4O. The molecule has 0 aliphatic carbocycles. The van der Waals surface area contributed by atoms with Crippen molar-refractivity contribution in [3.63, 3.8) is 0 Å². The topological polar surface area (TPSA) is 58.5 Å². The van der Waals surface area contributed by atoms with E-state index >= 15 is 0 Å². The molecule has 0 atom stereocenters. The van der Waals surface area contributed by atoms with Crippen molar-refractivity contribution in [1.82, 2.24) is 15.6 Å². The lowest BCUT2D eigenvalue weighted by Gasteiger charge is -2.13. The van der Waals surface area contributed by atoms with Crippen LogP contribution in [0.4, 0.5) is 0 Å². The molecule has 0 bridgehead atoms. The molecule has 2 rings (SSSR count). The Bertz CT molecular complexity index is 619. The normalized spacial score (nSPS) is 10.7. The molecule has 24 heavy (non-hydrogen) atoms. The van der Waals surface area contributed by atoms with Gasteiger partial charge in [-0.25, -0.2) is 4.98 Å². The quantitative estimate of drug-likeness (QED) is 0.395. The van der Waals surface area contributed by atoms with E-state index in [2.05, 4.69) is 44.9 Å². The van der Waals surface area contributed by atoms with Crippen LogP contribution in [-0.4, -0.2) is 31.1 Å². The highest BCUT2D eigenvalue weighted by Gasteiger charge is 2.05. The average Bonchev–Trinajstić information content (AvgIpc) is 2.60. The number of aliphatic imine (C=N–C) groups is 1. The van der Waals surface area contributed by atoms with Gasteiger partial charge in [0.2, 0.25) is 5.88 Å². The number of aromatic nitrogens is 1. The summed E-state index contributed by atoms with van der Waals surface area (Å²) in [6, 6.07) is 14.3. The van der Waals surface area contributed by atoms with Crippen LogP contribution in [0.15, 0.2) is 53.7 Å². The number of hydrogen-bond donors (Lipinski definition) is 2. The van der Waals surface area contributed by atoms with E-state index in [9.17, 15) is 0 Å². The number of nitrogens with zero attached hydrogens (tertiary/aromatic N) is 2. The third kappa shape index (κ3) is 6.74. The van der Waals surface area contributed by atoms with Crippen LogP contribution in [0, 0.1) is 0 Å². The summed E-state index contributed by atoms with van der Waals surface area (Å²) in [6.45, 7) is 4.01. The smallest absolute Gasteiger partial charge is 0.218 e. The maximum absolute atomic E-state index is 5.53. The molecule has 0 saturated carbocycles. The summed E-state index contributed by atoms with van der Waals surface area (Å²) in [4.78, 5) is 8.49. The third-order valence-corrected chi connectivity index (χ3v) is 3.35. The molecule has 0 fully saturated rings. The van der Waals surface area contributed by atoms with Crippen LogP contribution in [0.2, 0.25) is 0 Å². The van der Waals surface area contributed by atoms with Gasteiger partial charge in [-0.3, -0.25) is 4.99 Å². The van der Waals surface area contributed by atoms with Crippen molar-refractivity contribution < 1.29 is 4.74 Å². The molecule has 0 unspecified atom stereocenters. The maximum Gasteiger partial charge on any atom is 0.218 e. The van der Waals surface area contributed by atoms with E-state index in [1.54, 1.807) is 13.2 Å². The lowest BCUT2D eigenvalue weighted by atomic mass is 10.1. The lowest BCUT2D eigenvalue weighted by Crippen LogP contribution is -2.38. The highest BCUT2D eigenvalue weighted by atomic mass is 127. The molecule has 0 aliphatic heterocycles. The van der Waals surface area contributed by atoms with Crippen molar-refractivity contribution in [1.29, 1.82) is 0 Å². The van der Waals surface area contributed by atoms with Crippen LogP contribution in [0.1, 0.15) is 18.1 Å². The minimum Gasteiger partial charge on any atom is -0.478 e. The molecule has 1 heterocycles. The van der Waals surface area contributed by atoms with E-state index in [1.807, 2.05) is 25.1 Å². The number of guanidine groups is 1. The van der Waals surface area contributed by atoms with Crippen LogP contribution in [0.25, 0.3) is 0 Å². The van der Waals surface area contributed by atoms with Gasteiger partial charge in [0.1, 0.15) is 0 Å². The van der Waals surface area contributed by atoms with Gasteiger partial charge in [0.25, 0.3) is 0 Å². The average molecular weight is 440 g/mol. The molecule has 2 aromatic rings. The number of benzene rings is 1. The molecule has 0 aliphatic rings. The Hall–Kier alpha value is -1.83. The van der Waals surface area contributed by atoms with Gasteiger partial charge in [-0.1, -0.05) is 36.4 Å². The SMILES string of the molecule is CCOc1ncccc1CNC(=NC)NCCc1ccccc1.I. The monoisotopic (exact) mass is 440 g/mol.